The zero-order valence-electron chi connectivity index (χ0n) is 12.3. The van der Waals surface area contributed by atoms with Crippen LogP contribution in [0.2, 0.25) is 0 Å². The number of aryl methyl sites for hydroxylation is 1. The summed E-state index contributed by atoms with van der Waals surface area (Å²) in [6.45, 7) is 2.84. The Morgan fingerprint density at radius 1 is 1.64 bits per heavy atom. The van der Waals surface area contributed by atoms with E-state index in [4.69, 9.17) is 4.52 Å². The van der Waals surface area contributed by atoms with Crippen molar-refractivity contribution in [2.24, 2.45) is 0 Å². The molecule has 0 aromatic carbocycles. The van der Waals surface area contributed by atoms with E-state index in [1.165, 1.54) is 0 Å². The zero-order valence-corrected chi connectivity index (χ0v) is 12.3. The molecular weight excluding hydrogens is 289 g/mol. The Kier molecular flexibility index (Phi) is 4.19. The van der Waals surface area contributed by atoms with Crippen LogP contribution in [0.25, 0.3) is 0 Å². The smallest absolute Gasteiger partial charge is 0.252 e. The SMILES string of the molecule is Cc1nc(CN2C[C@@H](F)C[C@H]2CNC(=O)c2cc[nH]c2)no1. The van der Waals surface area contributed by atoms with Gasteiger partial charge in [-0.1, -0.05) is 5.16 Å². The third-order valence-corrected chi connectivity index (χ3v) is 3.75. The third-order valence-electron chi connectivity index (χ3n) is 3.75. The predicted molar refractivity (Wildman–Crippen MR) is 75.9 cm³/mol. The Morgan fingerprint density at radius 3 is 3.18 bits per heavy atom. The van der Waals surface area contributed by atoms with Crippen molar-refractivity contribution in [3.05, 3.63) is 35.7 Å². The number of H-pyrrole nitrogens is 1. The van der Waals surface area contributed by atoms with Gasteiger partial charge in [0.2, 0.25) is 5.89 Å². The Morgan fingerprint density at radius 2 is 2.50 bits per heavy atom. The molecule has 1 aliphatic heterocycles. The van der Waals surface area contributed by atoms with Crippen molar-refractivity contribution in [2.45, 2.75) is 32.1 Å². The lowest BCUT2D eigenvalue weighted by molar-refractivity contribution is 0.0939. The van der Waals surface area contributed by atoms with Crippen molar-refractivity contribution in [1.82, 2.24) is 25.3 Å². The molecule has 0 radical (unpaired) electrons. The van der Waals surface area contributed by atoms with Gasteiger partial charge in [0.15, 0.2) is 5.82 Å². The van der Waals surface area contributed by atoms with Gasteiger partial charge in [0.25, 0.3) is 5.91 Å². The van der Waals surface area contributed by atoms with Gasteiger partial charge in [-0.25, -0.2) is 4.39 Å². The molecule has 2 atom stereocenters. The number of nitrogens with zero attached hydrogens (tertiary/aromatic N) is 3. The van der Waals surface area contributed by atoms with E-state index in [1.807, 2.05) is 4.90 Å². The minimum Gasteiger partial charge on any atom is -0.367 e. The lowest BCUT2D eigenvalue weighted by Gasteiger charge is -2.22. The van der Waals surface area contributed by atoms with Gasteiger partial charge in [0.05, 0.1) is 12.1 Å². The van der Waals surface area contributed by atoms with Crippen molar-refractivity contribution in [3.63, 3.8) is 0 Å². The molecular formula is C14H18FN5O2. The first-order valence-corrected chi connectivity index (χ1v) is 7.20. The summed E-state index contributed by atoms with van der Waals surface area (Å²) in [5.74, 6) is 0.857. The lowest BCUT2D eigenvalue weighted by atomic mass is 10.2. The van der Waals surface area contributed by atoms with Gasteiger partial charge >= 0.3 is 0 Å². The molecule has 1 aliphatic rings. The standard InChI is InChI=1S/C14H18FN5O2/c1-9-18-13(19-22-9)8-20-7-11(15)4-12(20)6-17-14(21)10-2-3-16-5-10/h2-3,5,11-12,16H,4,6-8H2,1H3,(H,17,21)/t11-,12-/m0/s1. The van der Waals surface area contributed by atoms with E-state index in [2.05, 4.69) is 20.4 Å². The molecule has 2 N–H and O–H groups in total. The largest absolute Gasteiger partial charge is 0.367 e. The number of carbonyl (C=O) groups is 1. The van der Waals surface area contributed by atoms with Crippen LogP contribution in [0, 0.1) is 6.92 Å². The van der Waals surface area contributed by atoms with Gasteiger partial charge < -0.3 is 14.8 Å². The maximum Gasteiger partial charge on any atom is 0.252 e. The number of likely N-dealkylation sites (tertiary alicyclic amines) is 1. The maximum atomic E-state index is 13.7. The number of amides is 1. The van der Waals surface area contributed by atoms with Gasteiger partial charge in [0, 0.05) is 38.4 Å². The molecule has 0 spiro atoms. The van der Waals surface area contributed by atoms with Crippen molar-refractivity contribution >= 4 is 5.91 Å². The van der Waals surface area contributed by atoms with Crippen LogP contribution in [0.1, 0.15) is 28.5 Å². The molecule has 1 saturated heterocycles. The average molecular weight is 307 g/mol. The summed E-state index contributed by atoms with van der Waals surface area (Å²) in [5, 5.41) is 6.67. The number of aromatic nitrogens is 3. The Balaban J connectivity index is 1.57. The van der Waals surface area contributed by atoms with Crippen LogP contribution in [0.15, 0.2) is 23.0 Å². The third kappa shape index (κ3) is 3.33. The van der Waals surface area contributed by atoms with E-state index < -0.39 is 6.17 Å². The van der Waals surface area contributed by atoms with E-state index in [1.54, 1.807) is 25.4 Å². The molecule has 118 valence electrons. The highest BCUT2D eigenvalue weighted by Crippen LogP contribution is 2.21. The van der Waals surface area contributed by atoms with Gasteiger partial charge in [0.1, 0.15) is 6.17 Å². The molecule has 2 aromatic heterocycles. The van der Waals surface area contributed by atoms with E-state index in [9.17, 15) is 9.18 Å². The van der Waals surface area contributed by atoms with Crippen LogP contribution in [0.3, 0.4) is 0 Å². The second-order valence-corrected chi connectivity index (χ2v) is 5.46. The van der Waals surface area contributed by atoms with E-state index in [-0.39, 0.29) is 11.9 Å². The van der Waals surface area contributed by atoms with Crippen LogP contribution < -0.4 is 5.32 Å². The highest BCUT2D eigenvalue weighted by molar-refractivity contribution is 5.93. The molecule has 22 heavy (non-hydrogen) atoms. The average Bonchev–Trinajstić information content (AvgIpc) is 3.19. The first kappa shape index (κ1) is 14.7. The summed E-state index contributed by atoms with van der Waals surface area (Å²) in [5.41, 5.74) is 0.565. The lowest BCUT2D eigenvalue weighted by Crippen LogP contribution is -2.39. The molecule has 3 rings (SSSR count). The van der Waals surface area contributed by atoms with Crippen molar-refractivity contribution in [1.29, 1.82) is 0 Å². The number of hydrogen-bond donors (Lipinski definition) is 2. The molecule has 2 aromatic rings. The Hall–Kier alpha value is -2.22. The van der Waals surface area contributed by atoms with Crippen LogP contribution in [0.5, 0.6) is 0 Å². The maximum absolute atomic E-state index is 13.7. The number of hydrogen-bond acceptors (Lipinski definition) is 5. The summed E-state index contributed by atoms with van der Waals surface area (Å²) in [6.07, 6.45) is 2.81. The molecule has 0 saturated carbocycles. The van der Waals surface area contributed by atoms with Crippen molar-refractivity contribution < 1.29 is 13.7 Å². The van der Waals surface area contributed by atoms with Crippen LogP contribution in [0.4, 0.5) is 4.39 Å². The number of alkyl halides is 1. The van der Waals surface area contributed by atoms with Gasteiger partial charge in [-0.05, 0) is 12.5 Å². The normalized spacial score (nSPS) is 22.1. The molecule has 1 amide bonds. The quantitative estimate of drug-likeness (QED) is 0.862. The Labute approximate surface area is 126 Å². The molecule has 7 nitrogen and oxygen atoms in total. The summed E-state index contributed by atoms with van der Waals surface area (Å²) in [7, 11) is 0. The highest BCUT2D eigenvalue weighted by Gasteiger charge is 2.33. The fourth-order valence-corrected chi connectivity index (χ4v) is 2.69. The fourth-order valence-electron chi connectivity index (χ4n) is 2.69. The zero-order chi connectivity index (χ0) is 15.5. The van der Waals surface area contributed by atoms with Crippen LogP contribution in [-0.2, 0) is 6.54 Å². The molecule has 0 bridgehead atoms. The Bertz CT molecular complexity index is 627. The number of rotatable bonds is 5. The molecule has 0 unspecified atom stereocenters. The van der Waals surface area contributed by atoms with Gasteiger partial charge in [-0.2, -0.15) is 4.98 Å². The van der Waals surface area contributed by atoms with E-state index in [0.29, 0.717) is 43.3 Å². The summed E-state index contributed by atoms with van der Waals surface area (Å²) in [4.78, 5) is 20.8. The molecule has 8 heteroatoms. The summed E-state index contributed by atoms with van der Waals surface area (Å²) in [6, 6.07) is 1.62. The van der Waals surface area contributed by atoms with Crippen LogP contribution in [-0.4, -0.2) is 51.2 Å². The van der Waals surface area contributed by atoms with E-state index in [0.717, 1.165) is 0 Å². The van der Waals surface area contributed by atoms with Gasteiger partial charge in [-0.3, -0.25) is 9.69 Å². The molecule has 0 aliphatic carbocycles. The van der Waals surface area contributed by atoms with Crippen molar-refractivity contribution in [3.8, 4) is 0 Å². The topological polar surface area (TPSA) is 87.0 Å². The number of carbonyl (C=O) groups excluding carboxylic acids is 1. The summed E-state index contributed by atoms with van der Waals surface area (Å²) < 4.78 is 18.6. The second kappa shape index (κ2) is 6.27. The number of nitrogens with one attached hydrogen (secondary N) is 2. The number of aromatic amines is 1. The minimum atomic E-state index is -0.901. The minimum absolute atomic E-state index is 0.0725. The first-order chi connectivity index (χ1) is 10.6. The van der Waals surface area contributed by atoms with Crippen molar-refractivity contribution in [2.75, 3.05) is 13.1 Å². The molecule has 1 fully saturated rings. The predicted octanol–water partition coefficient (Wildman–Crippen LogP) is 1.05. The fraction of sp³-hybridized carbons (Fsp3) is 0.500. The monoisotopic (exact) mass is 307 g/mol. The first-order valence-electron chi connectivity index (χ1n) is 7.20. The summed E-state index contributed by atoms with van der Waals surface area (Å²) >= 11 is 0. The van der Waals surface area contributed by atoms with Gasteiger partial charge in [-0.15, -0.1) is 0 Å². The number of halogens is 1. The van der Waals surface area contributed by atoms with E-state index >= 15 is 0 Å². The molecule has 3 heterocycles. The second-order valence-electron chi connectivity index (χ2n) is 5.46. The highest BCUT2D eigenvalue weighted by atomic mass is 19.1. The van der Waals surface area contributed by atoms with Crippen LogP contribution >= 0.6 is 0 Å².